The molecule has 0 saturated carbocycles. The Hall–Kier alpha value is -3.49. The van der Waals surface area contributed by atoms with Crippen molar-refractivity contribution in [1.82, 2.24) is 4.98 Å². The predicted octanol–water partition coefficient (Wildman–Crippen LogP) is 4.85. The summed E-state index contributed by atoms with van der Waals surface area (Å²) in [6, 6.07) is 10.2. The summed E-state index contributed by atoms with van der Waals surface area (Å²) < 4.78 is 23.2. The van der Waals surface area contributed by atoms with Gasteiger partial charge in [0.1, 0.15) is 17.2 Å². The number of hydrogen-bond acceptors (Lipinski definition) is 7. The molecule has 160 valence electrons. The maximum Gasteiger partial charge on any atom is 0.345 e. The van der Waals surface area contributed by atoms with E-state index in [9.17, 15) is 9.59 Å². The van der Waals surface area contributed by atoms with Crippen LogP contribution in [0.25, 0.3) is 6.08 Å². The third-order valence-corrected chi connectivity index (χ3v) is 5.58. The largest absolute Gasteiger partial charge is 0.467 e. The fourth-order valence-electron chi connectivity index (χ4n) is 3.58. The highest BCUT2D eigenvalue weighted by Crippen LogP contribution is 2.41. The van der Waals surface area contributed by atoms with Gasteiger partial charge in [-0.3, -0.25) is 9.78 Å². The van der Waals surface area contributed by atoms with Crippen molar-refractivity contribution in [2.45, 2.75) is 13.5 Å². The van der Waals surface area contributed by atoms with Gasteiger partial charge in [0, 0.05) is 33.6 Å². The number of Topliss-reactive ketones (excluding diaryl/α,β-unsaturated/α-hetero) is 1. The van der Waals surface area contributed by atoms with E-state index < -0.39 is 5.97 Å². The lowest BCUT2D eigenvalue weighted by atomic mass is 10.0. The molecule has 0 fully saturated rings. The number of nitrogens with zero attached hydrogens (tertiary/aromatic N) is 1. The first-order valence-corrected chi connectivity index (χ1v) is 10.5. The van der Waals surface area contributed by atoms with E-state index in [2.05, 4.69) is 20.9 Å². The van der Waals surface area contributed by atoms with E-state index in [1.54, 1.807) is 43.5 Å². The number of fused-ring (bicyclic) bond motifs is 2. The van der Waals surface area contributed by atoms with Crippen LogP contribution in [0.2, 0.25) is 0 Å². The summed E-state index contributed by atoms with van der Waals surface area (Å²) in [5.41, 5.74) is 2.87. The minimum Gasteiger partial charge on any atom is -0.467 e. The van der Waals surface area contributed by atoms with Crippen molar-refractivity contribution in [2.75, 3.05) is 6.79 Å². The van der Waals surface area contributed by atoms with Crippen LogP contribution in [0.5, 0.6) is 17.2 Å². The molecule has 2 aliphatic heterocycles. The zero-order chi connectivity index (χ0) is 22.2. The first-order chi connectivity index (χ1) is 15.5. The first-order valence-electron chi connectivity index (χ1n) is 9.74. The Bertz CT molecular complexity index is 1290. The van der Waals surface area contributed by atoms with Crippen LogP contribution >= 0.6 is 15.9 Å². The monoisotopic (exact) mass is 493 g/mol. The van der Waals surface area contributed by atoms with Crippen molar-refractivity contribution < 1.29 is 28.5 Å². The minimum atomic E-state index is -0.540. The third kappa shape index (κ3) is 3.68. The van der Waals surface area contributed by atoms with Gasteiger partial charge in [0.15, 0.2) is 12.6 Å². The first kappa shape index (κ1) is 20.4. The van der Waals surface area contributed by atoms with E-state index in [-0.39, 0.29) is 18.3 Å². The molecule has 2 aliphatic rings. The Labute approximate surface area is 191 Å². The lowest BCUT2D eigenvalue weighted by Crippen LogP contribution is -2.12. The van der Waals surface area contributed by atoms with Gasteiger partial charge >= 0.3 is 5.97 Å². The molecule has 0 saturated heterocycles. The molecule has 0 unspecified atom stereocenters. The van der Waals surface area contributed by atoms with E-state index in [4.69, 9.17) is 18.9 Å². The molecule has 0 spiro atoms. The van der Waals surface area contributed by atoms with E-state index in [1.165, 1.54) is 6.20 Å². The molecule has 3 heterocycles. The summed E-state index contributed by atoms with van der Waals surface area (Å²) in [5, 5.41) is 0. The second kappa shape index (κ2) is 8.22. The van der Waals surface area contributed by atoms with Gasteiger partial charge in [-0.05, 0) is 49.4 Å². The number of benzene rings is 2. The Morgan fingerprint density at radius 1 is 1.22 bits per heavy atom. The third-order valence-electron chi connectivity index (χ3n) is 5.13. The zero-order valence-corrected chi connectivity index (χ0v) is 18.5. The highest BCUT2D eigenvalue weighted by atomic mass is 79.9. The number of rotatable bonds is 3. The molecule has 0 amide bonds. The Kier molecular flexibility index (Phi) is 5.24. The molecule has 0 aliphatic carbocycles. The molecule has 2 aromatic carbocycles. The molecule has 32 heavy (non-hydrogen) atoms. The van der Waals surface area contributed by atoms with E-state index >= 15 is 0 Å². The van der Waals surface area contributed by atoms with Gasteiger partial charge in [-0.1, -0.05) is 15.9 Å². The van der Waals surface area contributed by atoms with Gasteiger partial charge in [-0.2, -0.15) is 0 Å². The van der Waals surface area contributed by atoms with Crippen molar-refractivity contribution in [3.8, 4) is 17.2 Å². The summed E-state index contributed by atoms with van der Waals surface area (Å²) in [4.78, 5) is 29.3. The molecule has 3 aromatic rings. The number of esters is 1. The SMILES string of the molecule is Cc1c(OC(=O)c2cccnc2)ccc2c1O/C(=C\c1cc(Br)cc3c1OCOC3)C2=O. The van der Waals surface area contributed by atoms with E-state index in [0.717, 1.165) is 10.0 Å². The van der Waals surface area contributed by atoms with Crippen molar-refractivity contribution in [1.29, 1.82) is 0 Å². The van der Waals surface area contributed by atoms with Crippen LogP contribution in [-0.4, -0.2) is 23.5 Å². The minimum absolute atomic E-state index is 0.143. The van der Waals surface area contributed by atoms with Gasteiger partial charge in [-0.15, -0.1) is 0 Å². The Morgan fingerprint density at radius 2 is 2.09 bits per heavy atom. The number of allylic oxidation sites excluding steroid dienone is 1. The molecule has 0 N–H and O–H groups in total. The van der Waals surface area contributed by atoms with Crippen molar-refractivity contribution in [3.63, 3.8) is 0 Å². The second-order valence-electron chi connectivity index (χ2n) is 7.23. The van der Waals surface area contributed by atoms with Crippen molar-refractivity contribution in [2.24, 2.45) is 0 Å². The van der Waals surface area contributed by atoms with Crippen LogP contribution in [0.3, 0.4) is 0 Å². The average molecular weight is 494 g/mol. The number of ether oxygens (including phenoxy) is 4. The Balaban J connectivity index is 1.46. The van der Waals surface area contributed by atoms with Crippen LogP contribution in [0.4, 0.5) is 0 Å². The van der Waals surface area contributed by atoms with Crippen LogP contribution in [0.1, 0.15) is 37.4 Å². The number of carbonyl (C=O) groups excluding carboxylic acids is 2. The summed E-state index contributed by atoms with van der Waals surface area (Å²) in [6.07, 6.45) is 4.65. The lowest BCUT2D eigenvalue weighted by molar-refractivity contribution is -0.0165. The molecule has 7 nitrogen and oxygen atoms in total. The fourth-order valence-corrected chi connectivity index (χ4v) is 4.10. The number of aromatic nitrogens is 1. The maximum absolute atomic E-state index is 13.0. The number of ketones is 1. The van der Waals surface area contributed by atoms with Crippen LogP contribution < -0.4 is 14.2 Å². The molecule has 0 atom stereocenters. The summed E-state index contributed by atoms with van der Waals surface area (Å²) in [5.74, 6) is 0.699. The second-order valence-corrected chi connectivity index (χ2v) is 8.15. The van der Waals surface area contributed by atoms with Gasteiger partial charge in [-0.25, -0.2) is 4.79 Å². The van der Waals surface area contributed by atoms with E-state index in [1.807, 2.05) is 12.1 Å². The van der Waals surface area contributed by atoms with Crippen LogP contribution in [0, 0.1) is 6.92 Å². The van der Waals surface area contributed by atoms with Crippen LogP contribution in [-0.2, 0) is 11.3 Å². The lowest BCUT2D eigenvalue weighted by Gasteiger charge is -2.20. The molecule has 5 rings (SSSR count). The van der Waals surface area contributed by atoms with Crippen LogP contribution in [0.15, 0.2) is 59.0 Å². The average Bonchev–Trinajstić information content (AvgIpc) is 3.12. The summed E-state index contributed by atoms with van der Waals surface area (Å²) in [7, 11) is 0. The zero-order valence-electron chi connectivity index (χ0n) is 16.9. The summed E-state index contributed by atoms with van der Waals surface area (Å²) in [6.45, 7) is 2.30. The number of pyridine rings is 1. The smallest absolute Gasteiger partial charge is 0.345 e. The number of carbonyl (C=O) groups is 2. The van der Waals surface area contributed by atoms with Gasteiger partial charge in [0.05, 0.1) is 17.7 Å². The van der Waals surface area contributed by atoms with Gasteiger partial charge in [0.2, 0.25) is 5.78 Å². The fraction of sp³-hybridized carbons (Fsp3) is 0.125. The highest BCUT2D eigenvalue weighted by molar-refractivity contribution is 9.10. The van der Waals surface area contributed by atoms with E-state index in [0.29, 0.717) is 46.1 Å². The topological polar surface area (TPSA) is 84.0 Å². The molecule has 0 bridgehead atoms. The van der Waals surface area contributed by atoms with Crippen molar-refractivity contribution in [3.05, 3.63) is 86.8 Å². The van der Waals surface area contributed by atoms with Crippen molar-refractivity contribution >= 4 is 33.8 Å². The highest BCUT2D eigenvalue weighted by Gasteiger charge is 2.31. The number of halogens is 1. The molecular formula is C24H16BrNO6. The molecule has 1 aromatic heterocycles. The summed E-state index contributed by atoms with van der Waals surface area (Å²) >= 11 is 3.48. The molecule has 8 heteroatoms. The maximum atomic E-state index is 13.0. The standard InChI is InChI=1S/C24H16BrNO6/c1-13-19(32-24(28)14-3-2-6-26-10-14)5-4-18-21(27)20(31-22(13)18)9-15-7-17(25)8-16-11-29-12-30-23(15)16/h2-10H,11-12H2,1H3/b20-9-. The van der Waals surface area contributed by atoms with Gasteiger partial charge < -0.3 is 18.9 Å². The molecule has 0 radical (unpaired) electrons. The predicted molar refractivity (Wildman–Crippen MR) is 118 cm³/mol. The Morgan fingerprint density at radius 3 is 2.91 bits per heavy atom. The number of hydrogen-bond donors (Lipinski definition) is 0. The van der Waals surface area contributed by atoms with Gasteiger partial charge in [0.25, 0.3) is 0 Å². The molecular weight excluding hydrogens is 478 g/mol. The quantitative estimate of drug-likeness (QED) is 0.292. The normalized spacial score (nSPS) is 15.6.